The first-order valence-corrected chi connectivity index (χ1v) is 13.2. The number of rotatable bonds is 11. The Hall–Kier alpha value is -4.41. The van der Waals surface area contributed by atoms with Gasteiger partial charge in [0.2, 0.25) is 5.91 Å². The summed E-state index contributed by atoms with van der Waals surface area (Å²) in [6.07, 6.45) is 4.09. The molecule has 2 heterocycles. The van der Waals surface area contributed by atoms with Gasteiger partial charge in [-0.3, -0.25) is 14.4 Å². The number of imidazole rings is 1. The number of nitrogens with one attached hydrogen (secondary N) is 2. The van der Waals surface area contributed by atoms with Gasteiger partial charge in [0, 0.05) is 34.4 Å². The maximum atomic E-state index is 13.2. The average molecular weight is 551 g/mol. The SMILES string of the molecule is CC(C)Cc1cccc2[nH]c(Cn3cccc(NC(=O)[C@H](CC/C=C/C(=O)N(C)C)OC(=O)N(C)C)c3=O)nc12. The number of ether oxygens (including phenoxy) is 1. The number of fused-ring (bicyclic) bond motifs is 1. The van der Waals surface area contributed by atoms with Gasteiger partial charge in [0.15, 0.2) is 6.10 Å². The average Bonchev–Trinajstić information content (AvgIpc) is 3.31. The minimum atomic E-state index is -1.17. The number of amides is 3. The predicted octanol–water partition coefficient (Wildman–Crippen LogP) is 3.40. The normalized spacial score (nSPS) is 12.1. The van der Waals surface area contributed by atoms with Crippen LogP contribution in [0.15, 0.2) is 53.5 Å². The van der Waals surface area contributed by atoms with Crippen molar-refractivity contribution in [1.29, 1.82) is 0 Å². The van der Waals surface area contributed by atoms with Crippen LogP contribution >= 0.6 is 0 Å². The molecule has 1 atom stereocenters. The van der Waals surface area contributed by atoms with E-state index in [0.29, 0.717) is 18.2 Å². The Labute approximate surface area is 233 Å². The van der Waals surface area contributed by atoms with Gasteiger partial charge in [0.05, 0.1) is 17.6 Å². The third-order valence-electron chi connectivity index (χ3n) is 6.07. The van der Waals surface area contributed by atoms with Crippen LogP contribution in [-0.4, -0.2) is 76.5 Å². The first kappa shape index (κ1) is 30.1. The van der Waals surface area contributed by atoms with E-state index in [-0.39, 0.29) is 24.6 Å². The number of nitrogens with zero attached hydrogens (tertiary/aromatic N) is 4. The van der Waals surface area contributed by atoms with Gasteiger partial charge in [-0.05, 0) is 55.0 Å². The minimum absolute atomic E-state index is 0.0494. The maximum Gasteiger partial charge on any atom is 0.410 e. The van der Waals surface area contributed by atoms with Crippen molar-refractivity contribution in [3.05, 3.63) is 70.4 Å². The number of carbonyl (C=O) groups excluding carboxylic acids is 3. The van der Waals surface area contributed by atoms with Crippen molar-refractivity contribution >= 4 is 34.6 Å². The number of aromatic amines is 1. The second kappa shape index (κ2) is 13.6. The van der Waals surface area contributed by atoms with Crippen LogP contribution in [0.5, 0.6) is 0 Å². The number of para-hydroxylation sites is 1. The van der Waals surface area contributed by atoms with E-state index < -0.39 is 23.7 Å². The van der Waals surface area contributed by atoms with Gasteiger partial charge in [0.1, 0.15) is 11.5 Å². The Morgan fingerprint density at radius 2 is 1.85 bits per heavy atom. The molecule has 11 nitrogen and oxygen atoms in total. The fraction of sp³-hybridized carbons (Fsp3) is 0.414. The number of H-pyrrole nitrogens is 1. The number of allylic oxidation sites excluding steroid dienone is 1. The van der Waals surface area contributed by atoms with E-state index in [2.05, 4.69) is 30.2 Å². The number of anilines is 1. The summed E-state index contributed by atoms with van der Waals surface area (Å²) in [5, 5.41) is 2.61. The molecule has 0 saturated heterocycles. The van der Waals surface area contributed by atoms with Crippen LogP contribution in [0.3, 0.4) is 0 Å². The minimum Gasteiger partial charge on any atom is -0.436 e. The Kier molecular flexibility index (Phi) is 10.2. The molecular formula is C29H38N6O5. The predicted molar refractivity (Wildman–Crippen MR) is 154 cm³/mol. The Morgan fingerprint density at radius 1 is 1.10 bits per heavy atom. The molecule has 2 N–H and O–H groups in total. The van der Waals surface area contributed by atoms with Crippen LogP contribution < -0.4 is 10.9 Å². The molecule has 0 saturated carbocycles. The molecule has 3 amide bonds. The highest BCUT2D eigenvalue weighted by atomic mass is 16.6. The topological polar surface area (TPSA) is 130 Å². The Morgan fingerprint density at radius 3 is 2.52 bits per heavy atom. The number of aromatic nitrogens is 3. The van der Waals surface area contributed by atoms with Gasteiger partial charge >= 0.3 is 6.09 Å². The number of hydrogen-bond acceptors (Lipinski definition) is 6. The quantitative estimate of drug-likeness (QED) is 0.352. The smallest absolute Gasteiger partial charge is 0.410 e. The van der Waals surface area contributed by atoms with Gasteiger partial charge < -0.3 is 29.4 Å². The Balaban J connectivity index is 1.77. The van der Waals surface area contributed by atoms with Crippen molar-refractivity contribution in [2.45, 2.75) is 45.8 Å². The molecular weight excluding hydrogens is 512 g/mol. The summed E-state index contributed by atoms with van der Waals surface area (Å²) in [6, 6.07) is 9.15. The van der Waals surface area contributed by atoms with Gasteiger partial charge in [-0.2, -0.15) is 0 Å². The molecule has 0 aliphatic carbocycles. The lowest BCUT2D eigenvalue weighted by Crippen LogP contribution is -2.37. The van der Waals surface area contributed by atoms with E-state index in [0.717, 1.165) is 23.0 Å². The lowest BCUT2D eigenvalue weighted by molar-refractivity contribution is -0.125. The molecule has 40 heavy (non-hydrogen) atoms. The summed E-state index contributed by atoms with van der Waals surface area (Å²) in [5.74, 6) is 0.260. The summed E-state index contributed by atoms with van der Waals surface area (Å²) in [7, 11) is 6.28. The highest BCUT2D eigenvalue weighted by molar-refractivity contribution is 5.95. The van der Waals surface area contributed by atoms with E-state index in [1.807, 2.05) is 12.1 Å². The first-order chi connectivity index (χ1) is 19.0. The summed E-state index contributed by atoms with van der Waals surface area (Å²) in [6.45, 7) is 4.49. The number of pyridine rings is 1. The summed E-state index contributed by atoms with van der Waals surface area (Å²) >= 11 is 0. The highest BCUT2D eigenvalue weighted by Crippen LogP contribution is 2.20. The molecule has 11 heteroatoms. The molecule has 2 aromatic heterocycles. The van der Waals surface area contributed by atoms with E-state index in [1.165, 1.54) is 40.6 Å². The first-order valence-electron chi connectivity index (χ1n) is 13.2. The van der Waals surface area contributed by atoms with Crippen molar-refractivity contribution in [2.24, 2.45) is 5.92 Å². The second-order valence-electron chi connectivity index (χ2n) is 10.4. The molecule has 0 aliphatic heterocycles. The van der Waals surface area contributed by atoms with Gasteiger partial charge in [0.25, 0.3) is 11.5 Å². The molecule has 1 aromatic carbocycles. The maximum absolute atomic E-state index is 13.2. The fourth-order valence-corrected chi connectivity index (χ4v) is 4.00. The van der Waals surface area contributed by atoms with E-state index in [4.69, 9.17) is 9.72 Å². The second-order valence-corrected chi connectivity index (χ2v) is 10.4. The van der Waals surface area contributed by atoms with Crippen molar-refractivity contribution in [1.82, 2.24) is 24.3 Å². The molecule has 0 radical (unpaired) electrons. The zero-order valence-corrected chi connectivity index (χ0v) is 23.9. The van der Waals surface area contributed by atoms with Crippen LogP contribution in [0.4, 0.5) is 10.5 Å². The summed E-state index contributed by atoms with van der Waals surface area (Å²) in [5.41, 5.74) is 2.55. The van der Waals surface area contributed by atoms with Crippen LogP contribution in [0.25, 0.3) is 11.0 Å². The molecule has 3 aromatic rings. The third kappa shape index (κ3) is 8.05. The van der Waals surface area contributed by atoms with Crippen LogP contribution in [0, 0.1) is 5.92 Å². The monoisotopic (exact) mass is 550 g/mol. The molecule has 3 rings (SSSR count). The van der Waals surface area contributed by atoms with Gasteiger partial charge in [-0.1, -0.05) is 32.1 Å². The van der Waals surface area contributed by atoms with Crippen molar-refractivity contribution in [3.8, 4) is 0 Å². The van der Waals surface area contributed by atoms with Crippen LogP contribution in [0.1, 0.15) is 38.1 Å². The number of carbonyl (C=O) groups is 3. The van der Waals surface area contributed by atoms with E-state index in [1.54, 1.807) is 32.4 Å². The van der Waals surface area contributed by atoms with Gasteiger partial charge in [-0.15, -0.1) is 0 Å². The zero-order valence-electron chi connectivity index (χ0n) is 23.9. The van der Waals surface area contributed by atoms with Crippen molar-refractivity contribution in [3.63, 3.8) is 0 Å². The van der Waals surface area contributed by atoms with Crippen LogP contribution in [0.2, 0.25) is 0 Å². The van der Waals surface area contributed by atoms with E-state index >= 15 is 0 Å². The molecule has 0 fully saturated rings. The van der Waals surface area contributed by atoms with Crippen molar-refractivity contribution < 1.29 is 19.1 Å². The zero-order chi connectivity index (χ0) is 29.4. The number of likely N-dealkylation sites (N-methyl/N-ethyl adjacent to an activating group) is 1. The molecule has 0 aliphatic rings. The summed E-state index contributed by atoms with van der Waals surface area (Å²) in [4.78, 5) is 60.9. The number of benzene rings is 1. The van der Waals surface area contributed by atoms with Crippen LogP contribution in [-0.2, 0) is 27.3 Å². The lowest BCUT2D eigenvalue weighted by atomic mass is 10.0. The van der Waals surface area contributed by atoms with Gasteiger partial charge in [-0.25, -0.2) is 9.78 Å². The largest absolute Gasteiger partial charge is 0.436 e. The van der Waals surface area contributed by atoms with E-state index in [9.17, 15) is 19.2 Å². The Bertz CT molecular complexity index is 1440. The molecule has 0 spiro atoms. The van der Waals surface area contributed by atoms with Crippen molar-refractivity contribution in [2.75, 3.05) is 33.5 Å². The fourth-order valence-electron chi connectivity index (χ4n) is 4.00. The standard InChI is InChI=1S/C29H38N6O5/c1-19(2)17-20-11-9-12-21-26(20)32-24(30-21)18-35-16-10-13-22(28(35)38)31-27(37)23(40-29(39)34(5)6)14-7-8-15-25(36)33(3)4/h8-13,15-16,19,23H,7,14,17-18H2,1-6H3,(H,30,32)(H,31,37)/b15-8+/t23-/m0/s1. The molecule has 0 unspecified atom stereocenters. The highest BCUT2D eigenvalue weighted by Gasteiger charge is 2.24. The molecule has 0 bridgehead atoms. The third-order valence-corrected chi connectivity index (χ3v) is 6.07. The molecule has 214 valence electrons. The summed E-state index contributed by atoms with van der Waals surface area (Å²) < 4.78 is 6.81. The number of hydrogen-bond donors (Lipinski definition) is 2. The lowest BCUT2D eigenvalue weighted by Gasteiger charge is -2.19.